The van der Waals surface area contributed by atoms with E-state index in [9.17, 15) is 13.2 Å². The van der Waals surface area contributed by atoms with Gasteiger partial charge in [0.1, 0.15) is 5.82 Å². The van der Waals surface area contributed by atoms with E-state index in [1.807, 2.05) is 19.9 Å². The number of hydrogen-bond donors (Lipinski definition) is 0. The number of methoxy groups -OCH3 is 1. The molecule has 0 fully saturated rings. The number of aromatic nitrogens is 2. The Morgan fingerprint density at radius 2 is 1.97 bits per heavy atom. The Kier molecular flexibility index (Phi) is 7.79. The number of fused-ring (bicyclic) bond motifs is 1. The van der Waals surface area contributed by atoms with E-state index in [2.05, 4.69) is 16.4 Å². The van der Waals surface area contributed by atoms with E-state index >= 15 is 0 Å². The number of aryl methyl sites for hydroxylation is 1. The molecule has 1 unspecified atom stereocenters. The number of sulfonamides is 1. The van der Waals surface area contributed by atoms with Gasteiger partial charge in [-0.2, -0.15) is 0 Å². The number of imidazole rings is 1. The lowest BCUT2D eigenvalue weighted by atomic mass is 10.1. The summed E-state index contributed by atoms with van der Waals surface area (Å²) >= 11 is 0. The standard InChI is InChI=1S/C20H32N4O4S/c1-7-11-24-18-10-9-16(29(26,27)22(4)5)12-17(18)21-19(24)14-23(8-2)13-15(3)20(25)28-6/h9-10,12,15H,7-8,11,13-14H2,1-6H3. The summed E-state index contributed by atoms with van der Waals surface area (Å²) in [7, 11) is 0.912. The second-order valence-electron chi connectivity index (χ2n) is 7.37. The third kappa shape index (κ3) is 5.15. The molecule has 0 aliphatic carbocycles. The highest BCUT2D eigenvalue weighted by Gasteiger charge is 2.22. The van der Waals surface area contributed by atoms with Gasteiger partial charge in [0.05, 0.1) is 35.5 Å². The van der Waals surface area contributed by atoms with E-state index in [1.54, 1.807) is 12.1 Å². The smallest absolute Gasteiger partial charge is 0.309 e. The normalized spacial score (nSPS) is 13.4. The first-order chi connectivity index (χ1) is 13.6. The summed E-state index contributed by atoms with van der Waals surface area (Å²) in [5.41, 5.74) is 1.57. The van der Waals surface area contributed by atoms with Crippen molar-refractivity contribution in [3.05, 3.63) is 24.0 Å². The minimum Gasteiger partial charge on any atom is -0.469 e. The third-order valence-electron chi connectivity index (χ3n) is 4.97. The van der Waals surface area contributed by atoms with E-state index in [0.717, 1.165) is 30.9 Å². The molecular formula is C20H32N4O4S. The van der Waals surface area contributed by atoms with Crippen LogP contribution in [0, 0.1) is 5.92 Å². The zero-order valence-electron chi connectivity index (χ0n) is 18.2. The number of ether oxygens (including phenoxy) is 1. The van der Waals surface area contributed by atoms with Crippen LogP contribution in [0.5, 0.6) is 0 Å². The van der Waals surface area contributed by atoms with Crippen LogP contribution in [0.2, 0.25) is 0 Å². The topological polar surface area (TPSA) is 84.7 Å². The van der Waals surface area contributed by atoms with Gasteiger partial charge in [0.15, 0.2) is 0 Å². The second kappa shape index (κ2) is 9.69. The van der Waals surface area contributed by atoms with Crippen molar-refractivity contribution in [3.63, 3.8) is 0 Å². The molecule has 2 rings (SSSR count). The molecule has 0 spiro atoms. The summed E-state index contributed by atoms with van der Waals surface area (Å²) < 4.78 is 33.1. The average Bonchev–Trinajstić information content (AvgIpc) is 3.03. The summed E-state index contributed by atoms with van der Waals surface area (Å²) in [5, 5.41) is 0. The predicted molar refractivity (Wildman–Crippen MR) is 113 cm³/mol. The van der Waals surface area contributed by atoms with Crippen molar-refractivity contribution in [1.29, 1.82) is 0 Å². The molecule has 0 amide bonds. The minimum atomic E-state index is -3.52. The lowest BCUT2D eigenvalue weighted by molar-refractivity contribution is -0.145. The molecule has 0 radical (unpaired) electrons. The maximum absolute atomic E-state index is 12.5. The maximum atomic E-state index is 12.5. The number of esters is 1. The van der Waals surface area contributed by atoms with Crippen LogP contribution in [0.25, 0.3) is 11.0 Å². The number of benzene rings is 1. The van der Waals surface area contributed by atoms with Gasteiger partial charge in [0.25, 0.3) is 0 Å². The average molecular weight is 425 g/mol. The Bertz CT molecular complexity index is 953. The van der Waals surface area contributed by atoms with E-state index in [1.165, 1.54) is 25.5 Å². The Hall–Kier alpha value is -1.97. The number of carbonyl (C=O) groups is 1. The van der Waals surface area contributed by atoms with Crippen molar-refractivity contribution in [2.45, 2.75) is 45.2 Å². The van der Waals surface area contributed by atoms with Crippen LogP contribution in [0.3, 0.4) is 0 Å². The van der Waals surface area contributed by atoms with Crippen LogP contribution >= 0.6 is 0 Å². The lowest BCUT2D eigenvalue weighted by Gasteiger charge is -2.23. The number of carbonyl (C=O) groups excluding carboxylic acids is 1. The van der Waals surface area contributed by atoms with E-state index in [0.29, 0.717) is 18.6 Å². The van der Waals surface area contributed by atoms with Gasteiger partial charge in [-0.05, 0) is 31.2 Å². The molecule has 1 aromatic heterocycles. The highest BCUT2D eigenvalue weighted by Crippen LogP contribution is 2.23. The monoisotopic (exact) mass is 424 g/mol. The van der Waals surface area contributed by atoms with E-state index in [4.69, 9.17) is 9.72 Å². The molecular weight excluding hydrogens is 392 g/mol. The van der Waals surface area contributed by atoms with Gasteiger partial charge in [-0.15, -0.1) is 0 Å². The van der Waals surface area contributed by atoms with Crippen LogP contribution in [0.4, 0.5) is 0 Å². The number of rotatable bonds is 10. The molecule has 1 heterocycles. The first kappa shape index (κ1) is 23.3. The van der Waals surface area contributed by atoms with Gasteiger partial charge >= 0.3 is 5.97 Å². The summed E-state index contributed by atoms with van der Waals surface area (Å²) in [5.74, 6) is 0.394. The van der Waals surface area contributed by atoms with Gasteiger partial charge in [-0.3, -0.25) is 9.69 Å². The molecule has 9 heteroatoms. The molecule has 1 atom stereocenters. The Labute approximate surface area is 173 Å². The summed E-state index contributed by atoms with van der Waals surface area (Å²) in [6, 6.07) is 5.09. The fourth-order valence-electron chi connectivity index (χ4n) is 3.29. The van der Waals surface area contributed by atoms with E-state index in [-0.39, 0.29) is 16.8 Å². The van der Waals surface area contributed by atoms with Gasteiger partial charge in [-0.25, -0.2) is 17.7 Å². The first-order valence-electron chi connectivity index (χ1n) is 9.87. The van der Waals surface area contributed by atoms with Gasteiger partial charge < -0.3 is 9.30 Å². The zero-order valence-corrected chi connectivity index (χ0v) is 19.0. The van der Waals surface area contributed by atoms with Gasteiger partial charge in [0.2, 0.25) is 10.0 Å². The van der Waals surface area contributed by atoms with Crippen LogP contribution in [-0.4, -0.2) is 67.4 Å². The Morgan fingerprint density at radius 3 is 2.52 bits per heavy atom. The Morgan fingerprint density at radius 1 is 1.28 bits per heavy atom. The predicted octanol–water partition coefficient (Wildman–Crippen LogP) is 2.33. The second-order valence-corrected chi connectivity index (χ2v) is 9.52. The van der Waals surface area contributed by atoms with Gasteiger partial charge in [-0.1, -0.05) is 20.8 Å². The highest BCUT2D eigenvalue weighted by atomic mass is 32.2. The number of nitrogens with zero attached hydrogens (tertiary/aromatic N) is 4. The molecule has 0 saturated heterocycles. The molecule has 0 N–H and O–H groups in total. The molecule has 0 bridgehead atoms. The van der Waals surface area contributed by atoms with E-state index < -0.39 is 10.0 Å². The first-order valence-corrected chi connectivity index (χ1v) is 11.3. The van der Waals surface area contributed by atoms with Crippen molar-refractivity contribution >= 4 is 27.0 Å². The van der Waals surface area contributed by atoms with Crippen LogP contribution in [-0.2, 0) is 32.6 Å². The van der Waals surface area contributed by atoms with Crippen LogP contribution < -0.4 is 0 Å². The number of hydrogen-bond acceptors (Lipinski definition) is 6. The summed E-state index contributed by atoms with van der Waals surface area (Å²) in [6.07, 6.45) is 0.931. The third-order valence-corrected chi connectivity index (χ3v) is 6.78. The molecule has 2 aromatic rings. The maximum Gasteiger partial charge on any atom is 0.309 e. The summed E-state index contributed by atoms with van der Waals surface area (Å²) in [4.78, 5) is 18.9. The minimum absolute atomic E-state index is 0.231. The largest absolute Gasteiger partial charge is 0.469 e. The van der Waals surface area contributed by atoms with Crippen molar-refractivity contribution in [2.75, 3.05) is 34.3 Å². The van der Waals surface area contributed by atoms with Crippen LogP contribution in [0.15, 0.2) is 23.1 Å². The molecule has 162 valence electrons. The van der Waals surface area contributed by atoms with Crippen molar-refractivity contribution < 1.29 is 17.9 Å². The zero-order chi connectivity index (χ0) is 21.8. The SMILES string of the molecule is CCCn1c(CN(CC)CC(C)C(=O)OC)nc2cc(S(=O)(=O)N(C)C)ccc21. The molecule has 8 nitrogen and oxygen atoms in total. The van der Waals surface area contributed by atoms with Gasteiger partial charge in [0, 0.05) is 27.2 Å². The fourth-order valence-corrected chi connectivity index (χ4v) is 4.22. The molecule has 0 aliphatic rings. The van der Waals surface area contributed by atoms with Crippen molar-refractivity contribution in [2.24, 2.45) is 5.92 Å². The fraction of sp³-hybridized carbons (Fsp3) is 0.600. The molecule has 0 saturated carbocycles. The Balaban J connectivity index is 2.41. The van der Waals surface area contributed by atoms with Crippen LogP contribution in [0.1, 0.15) is 33.0 Å². The highest BCUT2D eigenvalue weighted by molar-refractivity contribution is 7.89. The quantitative estimate of drug-likeness (QED) is 0.544. The summed E-state index contributed by atoms with van der Waals surface area (Å²) in [6.45, 7) is 8.67. The lowest BCUT2D eigenvalue weighted by Crippen LogP contribution is -2.32. The molecule has 29 heavy (non-hydrogen) atoms. The van der Waals surface area contributed by atoms with Crippen molar-refractivity contribution in [3.8, 4) is 0 Å². The molecule has 1 aromatic carbocycles. The van der Waals surface area contributed by atoms with Crippen molar-refractivity contribution in [1.82, 2.24) is 18.8 Å². The molecule has 0 aliphatic heterocycles.